The molecular weight excluding hydrogens is 1310 g/mol. The van der Waals surface area contributed by atoms with Crippen molar-refractivity contribution in [3.63, 3.8) is 0 Å². The standard InChI is InChI=1S/C81H136O17P2/c1-5-9-13-17-21-25-29-32-34-36-37-39-41-44-47-50-54-58-62-66-78(83)91-71-76(97-80(85)67-63-59-55-51-45-28-24-20-16-12-8-4)73-95-99(87,88)93-69-75(82)70-94-100(89,90)96-74-77(98-81(86)68-64-60-56-52-48-42-31-27-23-19-15-11-7-3)72-92-79(84)65-61-57-53-49-46-43-40-38-35-33-30-26-22-18-14-10-6-2/h9-10,13-14,20-22,24-27,31-35,37,39-40,43,49,53,75-77,82H,5-8,11-12,15-19,23,28-30,36,38,41-42,44-48,50-52,54-74H2,1-4H3,(H,87,88)(H,89,90)/b13-9-,14-10-,24-20-,25-21-,26-22-,31-27-,34-32-,35-33-,39-37-,43-40-,53-49-. The van der Waals surface area contributed by atoms with Crippen molar-refractivity contribution >= 4 is 39.5 Å². The van der Waals surface area contributed by atoms with Crippen LogP contribution in [-0.4, -0.2) is 96.7 Å². The minimum absolute atomic E-state index is 0.0699. The van der Waals surface area contributed by atoms with Crippen molar-refractivity contribution in [2.75, 3.05) is 39.6 Å². The molecule has 0 aliphatic carbocycles. The van der Waals surface area contributed by atoms with Crippen molar-refractivity contribution in [1.29, 1.82) is 0 Å². The maximum atomic E-state index is 13.1. The first-order chi connectivity index (χ1) is 48.7. The summed E-state index contributed by atoms with van der Waals surface area (Å²) in [6.07, 6.45) is 80.2. The molecule has 0 fully saturated rings. The maximum absolute atomic E-state index is 13.1. The molecule has 0 aromatic rings. The second kappa shape index (κ2) is 72.5. The average molecular weight is 1440 g/mol. The minimum atomic E-state index is -4.99. The molecular formula is C81H136O17P2. The molecule has 0 saturated heterocycles. The van der Waals surface area contributed by atoms with Crippen molar-refractivity contribution in [3.8, 4) is 0 Å². The summed E-state index contributed by atoms with van der Waals surface area (Å²) in [4.78, 5) is 72.8. The highest BCUT2D eigenvalue weighted by Gasteiger charge is 2.30. The Balaban J connectivity index is 5.37. The van der Waals surface area contributed by atoms with Crippen molar-refractivity contribution < 1.29 is 80.2 Å². The Kier molecular flexibility index (Phi) is 69.1. The number of hydrogen-bond acceptors (Lipinski definition) is 15. The zero-order chi connectivity index (χ0) is 73.2. The lowest BCUT2D eigenvalue weighted by Crippen LogP contribution is -2.30. The van der Waals surface area contributed by atoms with Crippen LogP contribution in [-0.2, 0) is 65.4 Å². The van der Waals surface area contributed by atoms with Gasteiger partial charge in [0.05, 0.1) is 26.4 Å². The Hall–Kier alpha value is -4.80. The van der Waals surface area contributed by atoms with Gasteiger partial charge in [-0.05, 0) is 148 Å². The summed E-state index contributed by atoms with van der Waals surface area (Å²) >= 11 is 0. The van der Waals surface area contributed by atoms with Crippen LogP contribution in [0, 0.1) is 0 Å². The summed E-state index contributed by atoms with van der Waals surface area (Å²) in [6, 6.07) is 0. The molecule has 0 aromatic carbocycles. The Labute approximate surface area is 605 Å². The van der Waals surface area contributed by atoms with Crippen LogP contribution in [0.2, 0.25) is 0 Å². The lowest BCUT2D eigenvalue weighted by molar-refractivity contribution is -0.161. The first-order valence-electron chi connectivity index (χ1n) is 38.4. The molecule has 0 rings (SSSR count). The average Bonchev–Trinajstić information content (AvgIpc) is 0.939. The Bertz CT molecular complexity index is 2420. The van der Waals surface area contributed by atoms with Gasteiger partial charge in [0, 0.05) is 25.7 Å². The van der Waals surface area contributed by atoms with Crippen LogP contribution in [0.5, 0.6) is 0 Å². The molecule has 19 heteroatoms. The van der Waals surface area contributed by atoms with E-state index in [0.717, 1.165) is 173 Å². The molecule has 572 valence electrons. The fraction of sp³-hybridized carbons (Fsp3) is 0.679. The molecule has 100 heavy (non-hydrogen) atoms. The molecule has 0 spiro atoms. The second-order valence-corrected chi connectivity index (χ2v) is 28.1. The third-order valence-electron chi connectivity index (χ3n) is 15.6. The Morgan fingerprint density at radius 3 is 0.880 bits per heavy atom. The van der Waals surface area contributed by atoms with E-state index in [4.69, 9.17) is 37.0 Å². The molecule has 3 N–H and O–H groups in total. The summed E-state index contributed by atoms with van der Waals surface area (Å²) in [5.74, 6) is -2.28. The van der Waals surface area contributed by atoms with Crippen LogP contribution in [0.3, 0.4) is 0 Å². The van der Waals surface area contributed by atoms with E-state index in [-0.39, 0.29) is 25.7 Å². The smallest absolute Gasteiger partial charge is 0.462 e. The number of hydrogen-bond donors (Lipinski definition) is 3. The van der Waals surface area contributed by atoms with Gasteiger partial charge < -0.3 is 33.8 Å². The van der Waals surface area contributed by atoms with Gasteiger partial charge in [-0.3, -0.25) is 37.3 Å². The van der Waals surface area contributed by atoms with Gasteiger partial charge in [0.2, 0.25) is 0 Å². The monoisotopic (exact) mass is 1440 g/mol. The molecule has 5 unspecified atom stereocenters. The Morgan fingerprint density at radius 2 is 0.540 bits per heavy atom. The van der Waals surface area contributed by atoms with Gasteiger partial charge in [-0.15, -0.1) is 0 Å². The summed E-state index contributed by atoms with van der Waals surface area (Å²) in [6.45, 7) is 4.48. The quantitative estimate of drug-likeness (QED) is 0.0169. The maximum Gasteiger partial charge on any atom is 0.472 e. The minimum Gasteiger partial charge on any atom is -0.462 e. The number of aliphatic hydroxyl groups is 1. The number of phosphoric acid groups is 2. The van der Waals surface area contributed by atoms with Gasteiger partial charge in [-0.25, -0.2) is 9.13 Å². The van der Waals surface area contributed by atoms with E-state index in [2.05, 4.69) is 149 Å². The van der Waals surface area contributed by atoms with Gasteiger partial charge in [-0.2, -0.15) is 0 Å². The van der Waals surface area contributed by atoms with E-state index < -0.39 is 97.5 Å². The highest BCUT2D eigenvalue weighted by molar-refractivity contribution is 7.47. The molecule has 0 amide bonds. The molecule has 0 aliphatic rings. The lowest BCUT2D eigenvalue weighted by Gasteiger charge is -2.21. The largest absolute Gasteiger partial charge is 0.472 e. The van der Waals surface area contributed by atoms with Crippen LogP contribution < -0.4 is 0 Å². The highest BCUT2D eigenvalue weighted by atomic mass is 31.2. The normalized spacial score (nSPS) is 14.7. The molecule has 0 saturated carbocycles. The Morgan fingerprint density at radius 1 is 0.290 bits per heavy atom. The van der Waals surface area contributed by atoms with Gasteiger partial charge in [-0.1, -0.05) is 258 Å². The predicted molar refractivity (Wildman–Crippen MR) is 408 cm³/mol. The SMILES string of the molecule is CC/C=C\C/C=C\C/C=C\C/C=C\C/C=C\CCCC(=O)OCC(COP(=O)(O)OCC(O)COP(=O)(O)OCC(COC(=O)CCCCCCCC/C=C\C/C=C\C/C=C\C/C=C\CC)OC(=O)CCCCCCC/C=C\CCCC)OC(=O)CCCCCCC/C=C\CCCCCC. The van der Waals surface area contributed by atoms with Crippen LogP contribution in [0.4, 0.5) is 0 Å². The van der Waals surface area contributed by atoms with E-state index in [1.54, 1.807) is 0 Å². The third kappa shape index (κ3) is 71.6. The number of carbonyl (C=O) groups is 4. The van der Waals surface area contributed by atoms with Crippen molar-refractivity contribution in [1.82, 2.24) is 0 Å². The van der Waals surface area contributed by atoms with Gasteiger partial charge in [0.1, 0.15) is 19.3 Å². The first-order valence-corrected chi connectivity index (χ1v) is 41.4. The predicted octanol–water partition coefficient (Wildman–Crippen LogP) is 22.1. The molecule has 0 heterocycles. The zero-order valence-corrected chi connectivity index (χ0v) is 64.1. The van der Waals surface area contributed by atoms with Gasteiger partial charge >= 0.3 is 39.5 Å². The van der Waals surface area contributed by atoms with Crippen LogP contribution in [0.15, 0.2) is 134 Å². The summed E-state index contributed by atoms with van der Waals surface area (Å²) in [7, 11) is -9.98. The van der Waals surface area contributed by atoms with Gasteiger partial charge in [0.15, 0.2) is 12.2 Å². The molecule has 17 nitrogen and oxygen atoms in total. The molecule has 5 atom stereocenters. The van der Waals surface area contributed by atoms with E-state index in [0.29, 0.717) is 32.1 Å². The van der Waals surface area contributed by atoms with Crippen molar-refractivity contribution in [2.45, 2.75) is 316 Å². The topological polar surface area (TPSA) is 237 Å². The van der Waals surface area contributed by atoms with Crippen LogP contribution in [0.1, 0.15) is 297 Å². The molecule has 0 aliphatic heterocycles. The summed E-state index contributed by atoms with van der Waals surface area (Å²) < 4.78 is 68.4. The summed E-state index contributed by atoms with van der Waals surface area (Å²) in [5.41, 5.74) is 0. The number of unbranched alkanes of at least 4 members (excludes halogenated alkanes) is 23. The fourth-order valence-electron chi connectivity index (χ4n) is 9.75. The van der Waals surface area contributed by atoms with E-state index >= 15 is 0 Å². The number of phosphoric ester groups is 2. The van der Waals surface area contributed by atoms with Crippen LogP contribution >= 0.6 is 15.6 Å². The van der Waals surface area contributed by atoms with E-state index in [9.17, 15) is 43.2 Å². The molecule has 0 aromatic heterocycles. The number of ether oxygens (including phenoxy) is 4. The number of aliphatic hydroxyl groups excluding tert-OH is 1. The van der Waals surface area contributed by atoms with Crippen molar-refractivity contribution in [3.05, 3.63) is 134 Å². The van der Waals surface area contributed by atoms with Crippen molar-refractivity contribution in [2.24, 2.45) is 0 Å². The van der Waals surface area contributed by atoms with E-state index in [1.165, 1.54) is 38.5 Å². The number of esters is 4. The van der Waals surface area contributed by atoms with Gasteiger partial charge in [0.25, 0.3) is 0 Å². The molecule has 0 bridgehead atoms. The third-order valence-corrected chi connectivity index (χ3v) is 17.5. The number of rotatable bonds is 71. The fourth-order valence-corrected chi connectivity index (χ4v) is 11.3. The number of allylic oxidation sites excluding steroid dienone is 22. The lowest BCUT2D eigenvalue weighted by atomic mass is 10.1. The summed E-state index contributed by atoms with van der Waals surface area (Å²) in [5, 5.41) is 10.6. The highest BCUT2D eigenvalue weighted by Crippen LogP contribution is 2.45. The van der Waals surface area contributed by atoms with Crippen LogP contribution in [0.25, 0.3) is 0 Å². The first kappa shape index (κ1) is 95.2. The van der Waals surface area contributed by atoms with E-state index in [1.807, 2.05) is 12.2 Å². The molecule has 0 radical (unpaired) electrons. The zero-order valence-electron chi connectivity index (χ0n) is 62.3. The second-order valence-electron chi connectivity index (χ2n) is 25.2. The number of carbonyl (C=O) groups excluding carboxylic acids is 4.